The standard InChI is InChI=1S/C17H29N3O/c1-3-9-17(10-11-18-12-17)16-19-15(20-21-16)14-7-5-13(4-2)6-8-14/h13-14,18H,3-12H2,1-2H3. The van der Waals surface area contributed by atoms with Crippen LogP contribution in [0.1, 0.15) is 82.8 Å². The summed E-state index contributed by atoms with van der Waals surface area (Å²) in [5.74, 6) is 3.31. The molecule has 4 nitrogen and oxygen atoms in total. The Kier molecular flexibility index (Phi) is 4.63. The van der Waals surface area contributed by atoms with Crippen LogP contribution < -0.4 is 5.32 Å². The third-order valence-electron chi connectivity index (χ3n) is 5.66. The Bertz CT molecular complexity index is 443. The second-order valence-electron chi connectivity index (χ2n) is 7.04. The van der Waals surface area contributed by atoms with Crippen LogP contribution in [0.2, 0.25) is 0 Å². The van der Waals surface area contributed by atoms with Gasteiger partial charge in [0.15, 0.2) is 5.82 Å². The molecule has 1 aromatic heterocycles. The molecule has 1 saturated carbocycles. The van der Waals surface area contributed by atoms with Crippen molar-refractivity contribution in [2.24, 2.45) is 5.92 Å². The number of nitrogens with zero attached hydrogens (tertiary/aromatic N) is 2. The van der Waals surface area contributed by atoms with E-state index < -0.39 is 0 Å². The molecule has 1 unspecified atom stereocenters. The van der Waals surface area contributed by atoms with Crippen LogP contribution in [0, 0.1) is 5.92 Å². The zero-order valence-electron chi connectivity index (χ0n) is 13.5. The lowest BCUT2D eigenvalue weighted by molar-refractivity contribution is 0.271. The van der Waals surface area contributed by atoms with E-state index in [-0.39, 0.29) is 5.41 Å². The van der Waals surface area contributed by atoms with E-state index >= 15 is 0 Å². The summed E-state index contributed by atoms with van der Waals surface area (Å²) in [4.78, 5) is 4.84. The average molecular weight is 291 g/mol. The van der Waals surface area contributed by atoms with Crippen LogP contribution in [0.15, 0.2) is 4.52 Å². The lowest BCUT2D eigenvalue weighted by Crippen LogP contribution is -2.29. The Morgan fingerprint density at radius 3 is 2.67 bits per heavy atom. The van der Waals surface area contributed by atoms with Gasteiger partial charge in [-0.3, -0.25) is 0 Å². The lowest BCUT2D eigenvalue weighted by Gasteiger charge is -2.25. The first kappa shape index (κ1) is 15.0. The van der Waals surface area contributed by atoms with Crippen molar-refractivity contribution in [3.05, 3.63) is 11.7 Å². The molecule has 1 aromatic rings. The molecule has 0 spiro atoms. The third kappa shape index (κ3) is 3.01. The van der Waals surface area contributed by atoms with E-state index in [2.05, 4.69) is 24.3 Å². The van der Waals surface area contributed by atoms with E-state index in [4.69, 9.17) is 9.51 Å². The number of hydrogen-bond donors (Lipinski definition) is 1. The molecular weight excluding hydrogens is 262 g/mol. The topological polar surface area (TPSA) is 51.0 Å². The largest absolute Gasteiger partial charge is 0.339 e. The average Bonchev–Trinajstić information content (AvgIpc) is 3.17. The van der Waals surface area contributed by atoms with Crippen LogP contribution in [0.25, 0.3) is 0 Å². The molecule has 1 aliphatic heterocycles. The third-order valence-corrected chi connectivity index (χ3v) is 5.66. The highest BCUT2D eigenvalue weighted by Gasteiger charge is 2.40. The van der Waals surface area contributed by atoms with Crippen LogP contribution in [0.4, 0.5) is 0 Å². The van der Waals surface area contributed by atoms with Gasteiger partial charge in [0.1, 0.15) is 0 Å². The molecule has 2 fully saturated rings. The first-order valence-corrected chi connectivity index (χ1v) is 8.82. The van der Waals surface area contributed by atoms with Crippen molar-refractivity contribution in [3.63, 3.8) is 0 Å². The Morgan fingerprint density at radius 2 is 2.05 bits per heavy atom. The minimum absolute atomic E-state index is 0.0978. The van der Waals surface area contributed by atoms with E-state index in [1.165, 1.54) is 38.5 Å². The summed E-state index contributed by atoms with van der Waals surface area (Å²) in [5, 5.41) is 7.82. The summed E-state index contributed by atoms with van der Waals surface area (Å²) in [7, 11) is 0. The van der Waals surface area contributed by atoms with Crippen LogP contribution in [-0.4, -0.2) is 23.2 Å². The molecule has 3 rings (SSSR count). The van der Waals surface area contributed by atoms with Crippen molar-refractivity contribution in [2.75, 3.05) is 13.1 Å². The summed E-state index contributed by atoms with van der Waals surface area (Å²) in [6.45, 7) is 6.60. The van der Waals surface area contributed by atoms with Crippen LogP contribution >= 0.6 is 0 Å². The minimum Gasteiger partial charge on any atom is -0.339 e. The Hall–Kier alpha value is -0.900. The summed E-state index contributed by atoms with van der Waals surface area (Å²) in [6.07, 6.45) is 9.87. The normalized spacial score (nSPS) is 33.4. The lowest BCUT2D eigenvalue weighted by atomic mass is 9.80. The number of rotatable bonds is 5. The van der Waals surface area contributed by atoms with Gasteiger partial charge in [0.25, 0.3) is 0 Å². The van der Waals surface area contributed by atoms with Crippen molar-refractivity contribution >= 4 is 0 Å². The molecule has 2 aliphatic rings. The Morgan fingerprint density at radius 1 is 1.24 bits per heavy atom. The molecule has 21 heavy (non-hydrogen) atoms. The fraction of sp³-hybridized carbons (Fsp3) is 0.882. The second kappa shape index (κ2) is 6.47. The van der Waals surface area contributed by atoms with Gasteiger partial charge in [0.05, 0.1) is 5.41 Å². The van der Waals surface area contributed by atoms with E-state index in [0.29, 0.717) is 5.92 Å². The Labute approximate surface area is 128 Å². The van der Waals surface area contributed by atoms with Crippen molar-refractivity contribution in [3.8, 4) is 0 Å². The highest BCUT2D eigenvalue weighted by Crippen LogP contribution is 2.38. The maximum absolute atomic E-state index is 5.71. The molecule has 2 heterocycles. The second-order valence-corrected chi connectivity index (χ2v) is 7.04. The van der Waals surface area contributed by atoms with Crippen LogP contribution in [0.3, 0.4) is 0 Å². The van der Waals surface area contributed by atoms with Gasteiger partial charge in [-0.25, -0.2) is 0 Å². The van der Waals surface area contributed by atoms with Crippen LogP contribution in [0.5, 0.6) is 0 Å². The van der Waals surface area contributed by atoms with E-state index in [9.17, 15) is 0 Å². The van der Waals surface area contributed by atoms with Crippen molar-refractivity contribution < 1.29 is 4.52 Å². The predicted octanol–water partition coefficient (Wildman–Crippen LogP) is 3.78. The number of aromatic nitrogens is 2. The zero-order valence-corrected chi connectivity index (χ0v) is 13.5. The molecule has 118 valence electrons. The molecule has 4 heteroatoms. The molecule has 0 bridgehead atoms. The number of hydrogen-bond acceptors (Lipinski definition) is 4. The first-order valence-electron chi connectivity index (χ1n) is 8.82. The molecular formula is C17H29N3O. The van der Waals surface area contributed by atoms with Gasteiger partial charge < -0.3 is 9.84 Å². The van der Waals surface area contributed by atoms with Crippen molar-refractivity contribution in [1.82, 2.24) is 15.5 Å². The molecule has 1 N–H and O–H groups in total. The van der Waals surface area contributed by atoms with Gasteiger partial charge in [-0.05, 0) is 51.0 Å². The maximum atomic E-state index is 5.71. The monoisotopic (exact) mass is 291 g/mol. The highest BCUT2D eigenvalue weighted by atomic mass is 16.5. The van der Waals surface area contributed by atoms with Crippen LogP contribution in [-0.2, 0) is 5.41 Å². The predicted molar refractivity (Wildman–Crippen MR) is 83.4 cm³/mol. The first-order chi connectivity index (χ1) is 10.3. The smallest absolute Gasteiger partial charge is 0.234 e. The van der Waals surface area contributed by atoms with Crippen molar-refractivity contribution in [1.29, 1.82) is 0 Å². The van der Waals surface area contributed by atoms with E-state index in [0.717, 1.165) is 43.6 Å². The van der Waals surface area contributed by atoms with E-state index in [1.807, 2.05) is 0 Å². The van der Waals surface area contributed by atoms with Gasteiger partial charge in [-0.2, -0.15) is 4.98 Å². The molecule has 0 aromatic carbocycles. The molecule has 1 atom stereocenters. The highest BCUT2D eigenvalue weighted by molar-refractivity contribution is 5.11. The molecule has 0 radical (unpaired) electrons. The zero-order chi connectivity index (χ0) is 14.7. The Balaban J connectivity index is 1.71. The summed E-state index contributed by atoms with van der Waals surface area (Å²) in [6, 6.07) is 0. The molecule has 1 aliphatic carbocycles. The number of nitrogens with one attached hydrogen (secondary N) is 1. The summed E-state index contributed by atoms with van der Waals surface area (Å²) >= 11 is 0. The molecule has 1 saturated heterocycles. The van der Waals surface area contributed by atoms with Gasteiger partial charge >= 0.3 is 0 Å². The molecule has 0 amide bonds. The quantitative estimate of drug-likeness (QED) is 0.897. The SMILES string of the molecule is CCCC1(c2nc(C3CCC(CC)CC3)no2)CCNC1. The van der Waals surface area contributed by atoms with Gasteiger partial charge in [0.2, 0.25) is 5.89 Å². The minimum atomic E-state index is 0.0978. The summed E-state index contributed by atoms with van der Waals surface area (Å²) in [5.41, 5.74) is 0.0978. The van der Waals surface area contributed by atoms with Gasteiger partial charge in [-0.1, -0.05) is 31.8 Å². The van der Waals surface area contributed by atoms with Gasteiger partial charge in [0, 0.05) is 12.5 Å². The summed E-state index contributed by atoms with van der Waals surface area (Å²) < 4.78 is 5.71. The van der Waals surface area contributed by atoms with E-state index in [1.54, 1.807) is 0 Å². The maximum Gasteiger partial charge on any atom is 0.234 e. The van der Waals surface area contributed by atoms with Crippen molar-refractivity contribution in [2.45, 2.75) is 76.5 Å². The van der Waals surface area contributed by atoms with Gasteiger partial charge in [-0.15, -0.1) is 0 Å². The fourth-order valence-electron chi connectivity index (χ4n) is 4.17. The fourth-order valence-corrected chi connectivity index (χ4v) is 4.17.